The number of methoxy groups -OCH3 is 1. The van der Waals surface area contributed by atoms with Crippen LogP contribution in [0.1, 0.15) is 42.3 Å². The zero-order valence-electron chi connectivity index (χ0n) is 16.9. The SMILES string of the molecule is COc1cc2c(cc1O)C[C@H](Oc1c(C(C)=O)ccc3c1C=CC(C)(C)O3)CO2. The summed E-state index contributed by atoms with van der Waals surface area (Å²) >= 11 is 0. The number of fused-ring (bicyclic) bond motifs is 2. The molecule has 0 saturated carbocycles. The number of hydrogen-bond acceptors (Lipinski definition) is 6. The van der Waals surface area contributed by atoms with Gasteiger partial charge in [-0.3, -0.25) is 4.79 Å². The van der Waals surface area contributed by atoms with Gasteiger partial charge in [-0.1, -0.05) is 0 Å². The third kappa shape index (κ3) is 3.62. The van der Waals surface area contributed by atoms with Crippen LogP contribution in [0.3, 0.4) is 0 Å². The Balaban J connectivity index is 1.66. The van der Waals surface area contributed by atoms with Crippen molar-refractivity contribution < 1.29 is 28.8 Å². The van der Waals surface area contributed by atoms with Crippen LogP contribution in [-0.4, -0.2) is 36.3 Å². The quantitative estimate of drug-likeness (QED) is 0.782. The molecule has 2 aromatic rings. The molecule has 0 radical (unpaired) electrons. The lowest BCUT2D eigenvalue weighted by Gasteiger charge is -2.31. The lowest BCUT2D eigenvalue weighted by Crippen LogP contribution is -2.32. The van der Waals surface area contributed by atoms with E-state index in [-0.39, 0.29) is 17.6 Å². The van der Waals surface area contributed by atoms with E-state index >= 15 is 0 Å². The smallest absolute Gasteiger partial charge is 0.164 e. The van der Waals surface area contributed by atoms with Crippen LogP contribution in [0.5, 0.6) is 28.7 Å². The molecule has 152 valence electrons. The number of Topliss-reactive ketones (excluding diaryl/α,β-unsaturated/α-hetero) is 1. The minimum absolute atomic E-state index is 0.0515. The molecule has 0 unspecified atom stereocenters. The van der Waals surface area contributed by atoms with E-state index < -0.39 is 5.60 Å². The van der Waals surface area contributed by atoms with Gasteiger partial charge in [0.2, 0.25) is 0 Å². The Hall–Kier alpha value is -3.15. The number of carbonyl (C=O) groups is 1. The first-order valence-electron chi connectivity index (χ1n) is 9.53. The monoisotopic (exact) mass is 396 g/mol. The summed E-state index contributed by atoms with van der Waals surface area (Å²) < 4.78 is 23.3. The van der Waals surface area contributed by atoms with E-state index in [9.17, 15) is 9.90 Å². The van der Waals surface area contributed by atoms with Gasteiger partial charge in [-0.05, 0) is 51.1 Å². The van der Waals surface area contributed by atoms with Gasteiger partial charge >= 0.3 is 0 Å². The van der Waals surface area contributed by atoms with Gasteiger partial charge in [-0.2, -0.15) is 0 Å². The summed E-state index contributed by atoms with van der Waals surface area (Å²) in [6.45, 7) is 5.78. The van der Waals surface area contributed by atoms with Crippen LogP contribution in [0, 0.1) is 0 Å². The van der Waals surface area contributed by atoms with E-state index in [1.807, 2.05) is 26.0 Å². The number of benzene rings is 2. The summed E-state index contributed by atoms with van der Waals surface area (Å²) in [5, 5.41) is 10.1. The molecule has 0 saturated heterocycles. The Bertz CT molecular complexity index is 1000. The van der Waals surface area contributed by atoms with Gasteiger partial charge in [0.1, 0.15) is 35.6 Å². The van der Waals surface area contributed by atoms with Crippen LogP contribution in [0.15, 0.2) is 30.3 Å². The van der Waals surface area contributed by atoms with Crippen molar-refractivity contribution in [3.8, 4) is 28.7 Å². The maximum Gasteiger partial charge on any atom is 0.164 e. The lowest BCUT2D eigenvalue weighted by molar-refractivity contribution is 0.0970. The molecule has 4 rings (SSSR count). The van der Waals surface area contributed by atoms with Gasteiger partial charge in [0.15, 0.2) is 17.3 Å². The molecule has 0 bridgehead atoms. The second-order valence-corrected chi connectivity index (χ2v) is 7.84. The van der Waals surface area contributed by atoms with E-state index in [0.717, 1.165) is 11.1 Å². The molecule has 1 atom stereocenters. The van der Waals surface area contributed by atoms with Crippen molar-refractivity contribution in [3.05, 3.63) is 47.0 Å². The summed E-state index contributed by atoms with van der Waals surface area (Å²) in [6, 6.07) is 6.84. The Morgan fingerprint density at radius 1 is 1.24 bits per heavy atom. The summed E-state index contributed by atoms with van der Waals surface area (Å²) in [7, 11) is 1.49. The van der Waals surface area contributed by atoms with Crippen LogP contribution in [-0.2, 0) is 6.42 Å². The highest BCUT2D eigenvalue weighted by Gasteiger charge is 2.29. The summed E-state index contributed by atoms with van der Waals surface area (Å²) in [5.41, 5.74) is 1.65. The van der Waals surface area contributed by atoms with E-state index in [2.05, 4.69) is 0 Å². The highest BCUT2D eigenvalue weighted by Crippen LogP contribution is 2.41. The second kappa shape index (κ2) is 7.03. The van der Waals surface area contributed by atoms with Crippen molar-refractivity contribution in [1.29, 1.82) is 0 Å². The van der Waals surface area contributed by atoms with Crippen molar-refractivity contribution >= 4 is 11.9 Å². The minimum atomic E-state index is -0.425. The molecule has 29 heavy (non-hydrogen) atoms. The van der Waals surface area contributed by atoms with Crippen molar-refractivity contribution in [2.75, 3.05) is 13.7 Å². The van der Waals surface area contributed by atoms with Crippen molar-refractivity contribution in [1.82, 2.24) is 0 Å². The first kappa shape index (κ1) is 19.2. The fourth-order valence-corrected chi connectivity index (χ4v) is 3.61. The van der Waals surface area contributed by atoms with E-state index in [1.165, 1.54) is 14.0 Å². The third-order valence-corrected chi connectivity index (χ3v) is 5.08. The number of phenols is 1. The van der Waals surface area contributed by atoms with Gasteiger partial charge < -0.3 is 24.1 Å². The number of ketones is 1. The van der Waals surface area contributed by atoms with Crippen molar-refractivity contribution in [3.63, 3.8) is 0 Å². The zero-order chi connectivity index (χ0) is 20.8. The minimum Gasteiger partial charge on any atom is -0.504 e. The Morgan fingerprint density at radius 3 is 2.76 bits per heavy atom. The van der Waals surface area contributed by atoms with Crippen LogP contribution in [0.25, 0.3) is 6.08 Å². The van der Waals surface area contributed by atoms with Gasteiger partial charge in [-0.15, -0.1) is 0 Å². The third-order valence-electron chi connectivity index (χ3n) is 5.08. The number of carbonyl (C=O) groups excluding carboxylic acids is 1. The number of aromatic hydroxyl groups is 1. The first-order valence-corrected chi connectivity index (χ1v) is 9.53. The molecule has 2 aliphatic heterocycles. The van der Waals surface area contributed by atoms with Crippen LogP contribution in [0.2, 0.25) is 0 Å². The highest BCUT2D eigenvalue weighted by atomic mass is 16.5. The second-order valence-electron chi connectivity index (χ2n) is 7.84. The largest absolute Gasteiger partial charge is 0.504 e. The molecule has 0 amide bonds. The van der Waals surface area contributed by atoms with E-state index in [4.69, 9.17) is 18.9 Å². The maximum absolute atomic E-state index is 12.2. The molecule has 0 fully saturated rings. The lowest BCUT2D eigenvalue weighted by atomic mass is 9.98. The Labute approximate surface area is 169 Å². The van der Waals surface area contributed by atoms with Gasteiger partial charge in [-0.25, -0.2) is 0 Å². The van der Waals surface area contributed by atoms with Gasteiger partial charge in [0.25, 0.3) is 0 Å². The Morgan fingerprint density at radius 2 is 2.03 bits per heavy atom. The van der Waals surface area contributed by atoms with Crippen LogP contribution < -0.4 is 18.9 Å². The van der Waals surface area contributed by atoms with E-state index in [0.29, 0.717) is 41.6 Å². The van der Waals surface area contributed by atoms with Gasteiger partial charge in [0.05, 0.1) is 18.2 Å². The Kier molecular flexibility index (Phi) is 4.65. The number of hydrogen-bond donors (Lipinski definition) is 1. The molecule has 0 spiro atoms. The fraction of sp³-hybridized carbons (Fsp3) is 0.348. The normalized spacial score (nSPS) is 18.7. The standard InChI is InChI=1S/C23H24O6/c1-13(24)16-5-6-19-17(7-8-23(2,3)29-19)22(16)28-15-9-14-10-18(25)21(26-4)11-20(14)27-12-15/h5-8,10-11,15,25H,9,12H2,1-4H3/t15-/m0/s1. The molecule has 2 heterocycles. The zero-order valence-corrected chi connectivity index (χ0v) is 16.9. The van der Waals surface area contributed by atoms with Gasteiger partial charge in [0, 0.05) is 18.1 Å². The average molecular weight is 396 g/mol. The number of phenolic OH excluding ortho intramolecular Hbond substituents is 1. The summed E-state index contributed by atoms with van der Waals surface area (Å²) in [5.74, 6) is 2.17. The first-order chi connectivity index (χ1) is 13.8. The molecule has 1 N–H and O–H groups in total. The molecule has 0 aliphatic carbocycles. The van der Waals surface area contributed by atoms with Crippen LogP contribution >= 0.6 is 0 Å². The molecule has 0 aromatic heterocycles. The molecule has 2 aliphatic rings. The number of rotatable bonds is 4. The topological polar surface area (TPSA) is 74.2 Å². The molecule has 6 nitrogen and oxygen atoms in total. The van der Waals surface area contributed by atoms with Crippen molar-refractivity contribution in [2.24, 2.45) is 0 Å². The molecular weight excluding hydrogens is 372 g/mol. The predicted molar refractivity (Wildman–Crippen MR) is 108 cm³/mol. The molecule has 2 aromatic carbocycles. The van der Waals surface area contributed by atoms with Crippen molar-refractivity contribution in [2.45, 2.75) is 38.9 Å². The highest BCUT2D eigenvalue weighted by molar-refractivity contribution is 5.98. The average Bonchev–Trinajstić information content (AvgIpc) is 2.66. The van der Waals surface area contributed by atoms with E-state index in [1.54, 1.807) is 24.3 Å². The number of ether oxygens (including phenoxy) is 4. The fourth-order valence-electron chi connectivity index (χ4n) is 3.61. The molecular formula is C23H24O6. The summed E-state index contributed by atoms with van der Waals surface area (Å²) in [6.07, 6.45) is 4.10. The van der Waals surface area contributed by atoms with Crippen LogP contribution in [0.4, 0.5) is 0 Å². The predicted octanol–water partition coefficient (Wildman–Crippen LogP) is 4.17. The maximum atomic E-state index is 12.2. The molecule has 6 heteroatoms. The summed E-state index contributed by atoms with van der Waals surface area (Å²) in [4.78, 5) is 12.2.